The highest BCUT2D eigenvalue weighted by Gasteiger charge is 2.34. The third-order valence-electron chi connectivity index (χ3n) is 6.79. The van der Waals surface area contributed by atoms with E-state index < -0.39 is 28.5 Å². The molecule has 0 radical (unpaired) electrons. The van der Waals surface area contributed by atoms with Gasteiger partial charge in [-0.15, -0.1) is 0 Å². The van der Waals surface area contributed by atoms with E-state index in [1.165, 1.54) is 31.2 Å². The minimum atomic E-state index is -4.20. The summed E-state index contributed by atoms with van der Waals surface area (Å²) in [5, 5.41) is 3.09. The third-order valence-corrected chi connectivity index (χ3v) is 8.94. The summed E-state index contributed by atoms with van der Waals surface area (Å²) < 4.78 is 34.2. The van der Waals surface area contributed by atoms with Crippen molar-refractivity contribution in [3.05, 3.63) is 125 Å². The third kappa shape index (κ3) is 7.29. The first kappa shape index (κ1) is 30.6. The number of nitrogens with one attached hydrogen (secondary N) is 1. The number of hydrogen-bond donors (Lipinski definition) is 1. The van der Waals surface area contributed by atoms with Gasteiger partial charge in [-0.1, -0.05) is 78.3 Å². The van der Waals surface area contributed by atoms with Crippen molar-refractivity contribution in [2.45, 2.75) is 23.9 Å². The molecule has 0 aromatic heterocycles. The largest absolute Gasteiger partial charge is 0.497 e. The van der Waals surface area contributed by atoms with Crippen LogP contribution in [0.25, 0.3) is 0 Å². The number of likely N-dealkylation sites (N-methyl/N-ethyl adjacent to an activating group) is 1. The SMILES string of the molecule is CNC(=O)[C@@H](Cc1ccccc1)N(Cc1ccccc1Cl)C(=O)CN(c1ccccc1)S(=O)(=O)c1ccc(OC)cc1. The summed E-state index contributed by atoms with van der Waals surface area (Å²) in [6.45, 7) is -0.556. The van der Waals surface area contributed by atoms with E-state index >= 15 is 0 Å². The Morgan fingerprint density at radius 2 is 1.45 bits per heavy atom. The number of rotatable bonds is 12. The zero-order valence-corrected chi connectivity index (χ0v) is 24.9. The highest BCUT2D eigenvalue weighted by Crippen LogP contribution is 2.27. The molecule has 0 saturated heterocycles. The first-order chi connectivity index (χ1) is 20.2. The molecular formula is C32H32ClN3O5S. The molecule has 0 aliphatic heterocycles. The summed E-state index contributed by atoms with van der Waals surface area (Å²) in [6.07, 6.45) is 0.216. The van der Waals surface area contributed by atoms with Crippen LogP contribution in [0.5, 0.6) is 5.75 Å². The van der Waals surface area contributed by atoms with Gasteiger partial charge in [0.05, 0.1) is 17.7 Å². The van der Waals surface area contributed by atoms with Gasteiger partial charge in [0.2, 0.25) is 11.8 Å². The molecule has 1 N–H and O–H groups in total. The number of halogens is 1. The first-order valence-corrected chi connectivity index (χ1v) is 15.1. The second-order valence-electron chi connectivity index (χ2n) is 9.46. The lowest BCUT2D eigenvalue weighted by atomic mass is 10.0. The number of amides is 2. The Kier molecular flexibility index (Phi) is 10.2. The molecule has 4 aromatic rings. The molecule has 1 atom stereocenters. The second-order valence-corrected chi connectivity index (χ2v) is 11.7. The lowest BCUT2D eigenvalue weighted by Gasteiger charge is -2.33. The monoisotopic (exact) mass is 605 g/mol. The van der Waals surface area contributed by atoms with Gasteiger partial charge in [0, 0.05) is 25.0 Å². The topological polar surface area (TPSA) is 96.0 Å². The van der Waals surface area contributed by atoms with E-state index in [0.717, 1.165) is 9.87 Å². The highest BCUT2D eigenvalue weighted by atomic mass is 35.5. The Bertz CT molecular complexity index is 1600. The van der Waals surface area contributed by atoms with Crippen LogP contribution >= 0.6 is 11.6 Å². The van der Waals surface area contributed by atoms with Gasteiger partial charge in [-0.3, -0.25) is 13.9 Å². The average Bonchev–Trinajstić information content (AvgIpc) is 3.02. The van der Waals surface area contributed by atoms with Crippen molar-refractivity contribution in [2.75, 3.05) is 25.0 Å². The van der Waals surface area contributed by atoms with Crippen LogP contribution in [0.2, 0.25) is 5.02 Å². The fraction of sp³-hybridized carbons (Fsp3) is 0.188. The molecule has 0 saturated carbocycles. The average molecular weight is 606 g/mol. The fourth-order valence-corrected chi connectivity index (χ4v) is 6.14. The number of methoxy groups -OCH3 is 1. The minimum Gasteiger partial charge on any atom is -0.497 e. The summed E-state index contributed by atoms with van der Waals surface area (Å²) in [7, 11) is -1.20. The molecule has 4 aromatic carbocycles. The molecule has 10 heteroatoms. The number of anilines is 1. The van der Waals surface area contributed by atoms with Gasteiger partial charge in [-0.2, -0.15) is 0 Å². The number of benzene rings is 4. The predicted molar refractivity (Wildman–Crippen MR) is 164 cm³/mol. The maximum Gasteiger partial charge on any atom is 0.264 e. The number of carbonyl (C=O) groups excluding carboxylic acids is 2. The van der Waals surface area contributed by atoms with Crippen molar-refractivity contribution < 1.29 is 22.7 Å². The van der Waals surface area contributed by atoms with E-state index in [0.29, 0.717) is 22.0 Å². The van der Waals surface area contributed by atoms with E-state index in [1.807, 2.05) is 30.3 Å². The first-order valence-electron chi connectivity index (χ1n) is 13.2. The van der Waals surface area contributed by atoms with Crippen LogP contribution in [0.4, 0.5) is 5.69 Å². The Hall–Kier alpha value is -4.34. The molecule has 0 aliphatic rings. The van der Waals surface area contributed by atoms with Crippen LogP contribution in [-0.4, -0.2) is 51.9 Å². The van der Waals surface area contributed by atoms with E-state index in [2.05, 4.69) is 5.32 Å². The van der Waals surface area contributed by atoms with E-state index in [-0.39, 0.29) is 23.8 Å². The van der Waals surface area contributed by atoms with Crippen LogP contribution in [-0.2, 0) is 32.6 Å². The standard InChI is InChI=1S/C32H32ClN3O5S/c1-34-32(38)30(21-24-11-5-3-6-12-24)35(22-25-13-9-10-16-29(25)33)31(37)23-36(26-14-7-4-8-15-26)42(39,40)28-19-17-27(41-2)18-20-28/h3-20,30H,21-23H2,1-2H3,(H,34,38)/t30-/m1/s1. The quantitative estimate of drug-likeness (QED) is 0.247. The summed E-state index contributed by atoms with van der Waals surface area (Å²) in [5.41, 5.74) is 1.77. The second kappa shape index (κ2) is 14.0. The van der Waals surface area contributed by atoms with Gasteiger partial charge in [-0.25, -0.2) is 8.42 Å². The summed E-state index contributed by atoms with van der Waals surface area (Å²) in [4.78, 5) is 28.9. The molecule has 0 unspecified atom stereocenters. The zero-order valence-electron chi connectivity index (χ0n) is 23.3. The summed E-state index contributed by atoms with van der Waals surface area (Å²) in [6, 6.07) is 29.8. The van der Waals surface area contributed by atoms with Gasteiger partial charge in [0.15, 0.2) is 0 Å². The van der Waals surface area contributed by atoms with E-state index in [1.54, 1.807) is 66.7 Å². The summed E-state index contributed by atoms with van der Waals surface area (Å²) in [5.74, 6) is -0.458. The molecule has 0 bridgehead atoms. The number of ether oxygens (including phenoxy) is 1. The van der Waals surface area contributed by atoms with Crippen molar-refractivity contribution in [3.8, 4) is 5.75 Å². The molecular weight excluding hydrogens is 574 g/mol. The van der Waals surface area contributed by atoms with Crippen molar-refractivity contribution in [3.63, 3.8) is 0 Å². The molecule has 4 rings (SSSR count). The van der Waals surface area contributed by atoms with Gasteiger partial charge in [0.25, 0.3) is 10.0 Å². The lowest BCUT2D eigenvalue weighted by molar-refractivity contribution is -0.139. The molecule has 0 spiro atoms. The predicted octanol–water partition coefficient (Wildman–Crippen LogP) is 4.93. The minimum absolute atomic E-state index is 0.00532. The van der Waals surface area contributed by atoms with Crippen LogP contribution in [0.3, 0.4) is 0 Å². The van der Waals surface area contributed by atoms with Gasteiger partial charge < -0.3 is 15.0 Å². The molecule has 0 aliphatic carbocycles. The molecule has 0 heterocycles. The zero-order chi connectivity index (χ0) is 30.1. The number of para-hydroxylation sites is 1. The maximum atomic E-state index is 14.2. The van der Waals surface area contributed by atoms with E-state index in [9.17, 15) is 18.0 Å². The Labute approximate surface area is 251 Å². The van der Waals surface area contributed by atoms with Crippen molar-refractivity contribution in [2.24, 2.45) is 0 Å². The Balaban J connectivity index is 1.77. The summed E-state index contributed by atoms with van der Waals surface area (Å²) >= 11 is 6.48. The van der Waals surface area contributed by atoms with Crippen LogP contribution < -0.4 is 14.4 Å². The molecule has 0 fully saturated rings. The van der Waals surface area contributed by atoms with Gasteiger partial charge in [0.1, 0.15) is 18.3 Å². The Morgan fingerprint density at radius 1 is 0.857 bits per heavy atom. The normalized spacial score (nSPS) is 11.8. The van der Waals surface area contributed by atoms with Gasteiger partial charge in [-0.05, 0) is 53.6 Å². The maximum absolute atomic E-state index is 14.2. The van der Waals surface area contributed by atoms with E-state index in [4.69, 9.17) is 16.3 Å². The number of sulfonamides is 1. The molecule has 2 amide bonds. The van der Waals surface area contributed by atoms with Gasteiger partial charge >= 0.3 is 0 Å². The smallest absolute Gasteiger partial charge is 0.264 e. The van der Waals surface area contributed by atoms with Crippen LogP contribution in [0.15, 0.2) is 114 Å². The van der Waals surface area contributed by atoms with Crippen molar-refractivity contribution >= 4 is 39.1 Å². The number of carbonyl (C=O) groups is 2. The lowest BCUT2D eigenvalue weighted by Crippen LogP contribution is -2.53. The molecule has 42 heavy (non-hydrogen) atoms. The highest BCUT2D eigenvalue weighted by molar-refractivity contribution is 7.92. The van der Waals surface area contributed by atoms with Crippen molar-refractivity contribution in [1.82, 2.24) is 10.2 Å². The number of nitrogens with zero attached hydrogens (tertiary/aromatic N) is 2. The number of hydrogen-bond acceptors (Lipinski definition) is 5. The molecule has 218 valence electrons. The van der Waals surface area contributed by atoms with Crippen LogP contribution in [0, 0.1) is 0 Å². The van der Waals surface area contributed by atoms with Crippen molar-refractivity contribution in [1.29, 1.82) is 0 Å². The van der Waals surface area contributed by atoms with Crippen LogP contribution in [0.1, 0.15) is 11.1 Å². The Morgan fingerprint density at radius 3 is 2.05 bits per heavy atom. The fourth-order valence-electron chi connectivity index (χ4n) is 4.53. The molecule has 8 nitrogen and oxygen atoms in total.